The van der Waals surface area contributed by atoms with E-state index in [-0.39, 0.29) is 46.4 Å². The summed E-state index contributed by atoms with van der Waals surface area (Å²) < 4.78 is -0.713. The third-order valence-corrected chi connectivity index (χ3v) is 12.6. The molecule has 2 bridgehead atoms. The summed E-state index contributed by atoms with van der Waals surface area (Å²) >= 11 is 5.55. The Balaban J connectivity index is 1.81. The van der Waals surface area contributed by atoms with E-state index in [1.54, 1.807) is 28.8 Å². The molecule has 3 aliphatic heterocycles. The number of carbonyl (C=O) groups is 3. The predicted octanol–water partition coefficient (Wildman–Crippen LogP) is 4.24. The van der Waals surface area contributed by atoms with Crippen molar-refractivity contribution < 1.29 is 19.5 Å². The van der Waals surface area contributed by atoms with Crippen molar-refractivity contribution in [1.82, 2.24) is 14.7 Å². The van der Waals surface area contributed by atoms with Crippen LogP contribution in [0.4, 0.5) is 0 Å². The largest absolute Gasteiger partial charge is 0.394 e. The van der Waals surface area contributed by atoms with Crippen molar-refractivity contribution in [3.8, 4) is 0 Å². The monoisotopic (exact) mass is 623 g/mol. The van der Waals surface area contributed by atoms with Crippen molar-refractivity contribution in [1.29, 1.82) is 0 Å². The van der Waals surface area contributed by atoms with Crippen LogP contribution in [0.2, 0.25) is 0 Å². The fraction of sp³-hybridized carbons (Fsp3) is 0.767. The summed E-state index contributed by atoms with van der Waals surface area (Å²) in [5, 5.41) is 10.4. The van der Waals surface area contributed by atoms with E-state index in [9.17, 15) is 19.5 Å². The normalized spacial score (nSPS) is 32.8. The summed E-state index contributed by atoms with van der Waals surface area (Å²) in [5.41, 5.74) is 0. The minimum atomic E-state index is -0.719. The molecule has 1 spiro atoms. The number of carbonyl (C=O) groups excluding carboxylic acids is 3. The molecule has 0 aromatic carbocycles. The van der Waals surface area contributed by atoms with E-state index in [4.69, 9.17) is 0 Å². The van der Waals surface area contributed by atoms with Crippen LogP contribution in [0.15, 0.2) is 25.3 Å². The number of hydrogen-bond donors (Lipinski definition) is 1. The van der Waals surface area contributed by atoms with Crippen LogP contribution in [0.25, 0.3) is 0 Å². The number of thioether (sulfide) groups is 1. The number of nitrogens with zero attached hydrogens (tertiary/aromatic N) is 3. The maximum absolute atomic E-state index is 14.7. The average molecular weight is 625 g/mol. The van der Waals surface area contributed by atoms with Crippen LogP contribution in [0.3, 0.4) is 0 Å². The zero-order chi connectivity index (χ0) is 28.5. The fourth-order valence-electron chi connectivity index (χ4n) is 7.64. The molecule has 39 heavy (non-hydrogen) atoms. The van der Waals surface area contributed by atoms with Gasteiger partial charge in [0, 0.05) is 35.8 Å². The Morgan fingerprint density at radius 2 is 1.85 bits per heavy atom. The topological polar surface area (TPSA) is 81.2 Å². The molecule has 7 atom stereocenters. The zero-order valence-electron chi connectivity index (χ0n) is 23.8. The first kappa shape index (κ1) is 30.6. The first-order valence-electron chi connectivity index (χ1n) is 14.7. The summed E-state index contributed by atoms with van der Waals surface area (Å²) in [7, 11) is 0. The molecule has 0 aromatic heterocycles. The number of aliphatic hydroxyl groups excluding tert-OH is 1. The Bertz CT molecular complexity index is 956. The maximum atomic E-state index is 14.7. The Morgan fingerprint density at radius 3 is 2.41 bits per heavy atom. The van der Waals surface area contributed by atoms with Crippen molar-refractivity contribution in [3.05, 3.63) is 25.3 Å². The second-order valence-electron chi connectivity index (χ2n) is 12.0. The van der Waals surface area contributed by atoms with Crippen LogP contribution in [0, 0.1) is 17.8 Å². The van der Waals surface area contributed by atoms with Gasteiger partial charge in [-0.2, -0.15) is 0 Å². The standard InChI is InChI=1S/C30H46BrN3O4S/c1-6-14-32(15-7-2)27(36)23-24-28(37)34(22(18-35)19(4)5)26(30(24)17-21(31)25(23)39-30)29(38)33(16-8-3)20-12-10-9-11-13-20/h6,8,19-26,35H,1,3,7,9-18H2,2,4-5H3/t21?,22-,23-,24-,25-,26?,30?/m0/s1. The van der Waals surface area contributed by atoms with Crippen molar-refractivity contribution in [2.45, 2.75) is 98.7 Å². The van der Waals surface area contributed by atoms with Gasteiger partial charge in [0.05, 0.1) is 29.2 Å². The third kappa shape index (κ3) is 5.25. The van der Waals surface area contributed by atoms with Crippen LogP contribution in [-0.2, 0) is 14.4 Å². The Labute approximate surface area is 246 Å². The van der Waals surface area contributed by atoms with Crippen LogP contribution in [0.1, 0.15) is 65.7 Å². The van der Waals surface area contributed by atoms with E-state index in [0.29, 0.717) is 26.1 Å². The number of alkyl halides is 1. The summed E-state index contributed by atoms with van der Waals surface area (Å²) in [4.78, 5) is 48.9. The molecule has 3 unspecified atom stereocenters. The number of fused-ring (bicyclic) bond motifs is 1. The lowest BCUT2D eigenvalue weighted by Crippen LogP contribution is -2.60. The van der Waals surface area contributed by atoms with E-state index in [2.05, 4.69) is 29.1 Å². The minimum Gasteiger partial charge on any atom is -0.394 e. The van der Waals surface area contributed by atoms with Crippen molar-refractivity contribution >= 4 is 45.4 Å². The summed E-state index contributed by atoms with van der Waals surface area (Å²) in [6.45, 7) is 15.1. The number of amides is 3. The van der Waals surface area contributed by atoms with Gasteiger partial charge in [-0.1, -0.05) is 68.1 Å². The number of rotatable bonds is 12. The van der Waals surface area contributed by atoms with E-state index in [0.717, 1.165) is 32.1 Å². The first-order chi connectivity index (χ1) is 18.7. The average Bonchev–Trinajstić information content (AvgIpc) is 3.51. The number of aliphatic hydroxyl groups is 1. The lowest BCUT2D eigenvalue weighted by atomic mass is 9.70. The molecule has 7 nitrogen and oxygen atoms in total. The van der Waals surface area contributed by atoms with Crippen LogP contribution in [-0.4, -0.2) is 96.7 Å². The summed E-state index contributed by atoms with van der Waals surface area (Å²) in [6, 6.07) is -1.09. The highest BCUT2D eigenvalue weighted by Gasteiger charge is 2.76. The van der Waals surface area contributed by atoms with Crippen LogP contribution >= 0.6 is 27.7 Å². The number of halogens is 1. The van der Waals surface area contributed by atoms with Gasteiger partial charge in [0.1, 0.15) is 6.04 Å². The maximum Gasteiger partial charge on any atom is 0.247 e. The highest BCUT2D eigenvalue weighted by Crippen LogP contribution is 2.68. The van der Waals surface area contributed by atoms with Gasteiger partial charge in [-0.15, -0.1) is 24.9 Å². The second-order valence-corrected chi connectivity index (χ2v) is 14.8. The summed E-state index contributed by atoms with van der Waals surface area (Å²) in [5.74, 6) is -1.36. The minimum absolute atomic E-state index is 0.0213. The van der Waals surface area contributed by atoms with Crippen molar-refractivity contribution in [3.63, 3.8) is 0 Å². The number of hydrogen-bond acceptors (Lipinski definition) is 5. The van der Waals surface area contributed by atoms with Crippen LogP contribution < -0.4 is 0 Å². The molecule has 0 radical (unpaired) electrons. The smallest absolute Gasteiger partial charge is 0.247 e. The molecule has 9 heteroatoms. The molecule has 3 heterocycles. The molecule has 1 N–H and O–H groups in total. The molecule has 1 aliphatic carbocycles. The van der Waals surface area contributed by atoms with Gasteiger partial charge in [-0.25, -0.2) is 0 Å². The molecule has 218 valence electrons. The van der Waals surface area contributed by atoms with Gasteiger partial charge in [0.2, 0.25) is 17.7 Å². The van der Waals surface area contributed by atoms with Gasteiger partial charge >= 0.3 is 0 Å². The van der Waals surface area contributed by atoms with Gasteiger partial charge in [0.25, 0.3) is 0 Å². The summed E-state index contributed by atoms with van der Waals surface area (Å²) in [6.07, 6.45) is 10.2. The van der Waals surface area contributed by atoms with E-state index in [1.807, 2.05) is 30.6 Å². The molecule has 3 amide bonds. The molecule has 4 aliphatic rings. The van der Waals surface area contributed by atoms with E-state index in [1.165, 1.54) is 6.42 Å². The molecular weight excluding hydrogens is 578 g/mol. The lowest BCUT2D eigenvalue weighted by molar-refractivity contribution is -0.149. The van der Waals surface area contributed by atoms with E-state index >= 15 is 0 Å². The molecule has 0 aromatic rings. The second kappa shape index (κ2) is 12.7. The molecule has 4 fully saturated rings. The lowest BCUT2D eigenvalue weighted by Gasteiger charge is -2.43. The predicted molar refractivity (Wildman–Crippen MR) is 161 cm³/mol. The van der Waals surface area contributed by atoms with Gasteiger partial charge in [-0.05, 0) is 31.6 Å². The Morgan fingerprint density at radius 1 is 1.18 bits per heavy atom. The zero-order valence-corrected chi connectivity index (χ0v) is 26.2. The first-order valence-corrected chi connectivity index (χ1v) is 16.5. The van der Waals surface area contributed by atoms with Crippen molar-refractivity contribution in [2.24, 2.45) is 17.8 Å². The quantitative estimate of drug-likeness (QED) is 0.260. The third-order valence-electron chi connectivity index (χ3n) is 9.34. The molecule has 1 saturated carbocycles. The highest BCUT2D eigenvalue weighted by atomic mass is 79.9. The SMILES string of the molecule is C=CCN(CCC)C(=O)[C@H]1[C@H]2C(=O)N([C@@H](CO)C(C)C)C(C(=O)N(CC=C)C3CCCCC3)C23CC(Br)[C@@H]1S3. The Kier molecular flexibility index (Phi) is 9.96. The number of likely N-dealkylation sites (tertiary alicyclic amines) is 1. The van der Waals surface area contributed by atoms with Gasteiger partial charge in [0.15, 0.2) is 0 Å². The van der Waals surface area contributed by atoms with Gasteiger partial charge < -0.3 is 19.8 Å². The molecular formula is C30H46BrN3O4S. The highest BCUT2D eigenvalue weighted by molar-refractivity contribution is 9.09. The molecule has 3 saturated heterocycles. The van der Waals surface area contributed by atoms with E-state index < -0.39 is 28.7 Å². The Hall–Kier alpha value is -1.32. The van der Waals surface area contributed by atoms with Crippen molar-refractivity contribution in [2.75, 3.05) is 26.2 Å². The molecule has 4 rings (SSSR count). The van der Waals surface area contributed by atoms with Crippen LogP contribution in [0.5, 0.6) is 0 Å². The fourth-order valence-corrected chi connectivity index (χ4v) is 11.2. The van der Waals surface area contributed by atoms with Gasteiger partial charge in [-0.3, -0.25) is 14.4 Å².